The van der Waals surface area contributed by atoms with Gasteiger partial charge in [-0.2, -0.15) is 8.42 Å². The van der Waals surface area contributed by atoms with Crippen LogP contribution in [0.15, 0.2) is 0 Å². The van der Waals surface area contributed by atoms with Crippen molar-refractivity contribution < 1.29 is 22.3 Å². The Morgan fingerprint density at radius 1 is 0.963 bits per heavy atom. The van der Waals surface area contributed by atoms with E-state index in [9.17, 15) is 13.5 Å². The fourth-order valence-corrected chi connectivity index (χ4v) is 8.83. The molecule has 2 N–H and O–H groups in total. The first-order chi connectivity index (χ1) is 12.5. The molecule has 0 aliphatic heterocycles. The van der Waals surface area contributed by atoms with Crippen molar-refractivity contribution in [2.45, 2.75) is 90.8 Å². The van der Waals surface area contributed by atoms with Crippen LogP contribution in [-0.4, -0.2) is 30.3 Å². The van der Waals surface area contributed by atoms with Crippen LogP contribution < -0.4 is 0 Å². The van der Waals surface area contributed by atoms with Crippen molar-refractivity contribution in [1.29, 1.82) is 0 Å². The van der Waals surface area contributed by atoms with E-state index < -0.39 is 10.4 Å². The highest BCUT2D eigenvalue weighted by Gasteiger charge is 2.60. The maximum Gasteiger partial charge on any atom is 0.397 e. The molecule has 4 saturated carbocycles. The first-order valence-corrected chi connectivity index (χ1v) is 12.2. The van der Waals surface area contributed by atoms with E-state index in [-0.39, 0.29) is 23.0 Å². The summed E-state index contributed by atoms with van der Waals surface area (Å²) in [5.41, 5.74) is 0.538. The lowest BCUT2D eigenvalue weighted by Gasteiger charge is -2.61. The van der Waals surface area contributed by atoms with E-state index in [1.165, 1.54) is 25.7 Å². The van der Waals surface area contributed by atoms with Crippen molar-refractivity contribution in [3.8, 4) is 0 Å². The summed E-state index contributed by atoms with van der Waals surface area (Å²) in [7, 11) is -4.36. The zero-order valence-corrected chi connectivity index (χ0v) is 17.7. The van der Waals surface area contributed by atoms with E-state index in [0.717, 1.165) is 37.5 Å². The molecule has 4 aliphatic carbocycles. The molecule has 0 heterocycles. The minimum absolute atomic E-state index is 0.212. The highest BCUT2D eigenvalue weighted by molar-refractivity contribution is 7.80. The summed E-state index contributed by atoms with van der Waals surface area (Å²) in [6, 6.07) is 0. The van der Waals surface area contributed by atoms with E-state index in [0.29, 0.717) is 24.2 Å². The lowest BCUT2D eigenvalue weighted by atomic mass is 9.44. The molecule has 0 amide bonds. The van der Waals surface area contributed by atoms with Gasteiger partial charge in [-0.3, -0.25) is 4.55 Å². The smallest absolute Gasteiger partial charge is 0.393 e. The minimum atomic E-state index is -4.36. The molecule has 0 saturated heterocycles. The van der Waals surface area contributed by atoms with Crippen molar-refractivity contribution in [1.82, 2.24) is 0 Å². The first kappa shape index (κ1) is 20.1. The standard InChI is InChI=1S/C21H36O5S/c1-13(22)17-6-7-18-16-5-4-14-12-15(26-27(23,24)25)8-10-20(14,2)19(16)9-11-21(17,18)3/h13-19,22H,4-12H2,1-3H3,(H,23,24,25). The Hall–Kier alpha value is -0.170. The number of aliphatic hydroxyl groups is 1. The Balaban J connectivity index is 1.52. The molecule has 0 bridgehead atoms. The topological polar surface area (TPSA) is 83.8 Å². The summed E-state index contributed by atoms with van der Waals surface area (Å²) in [4.78, 5) is 0. The molecule has 6 heteroatoms. The SMILES string of the molecule is CC(O)C1CCC2C3CCC4CC(OS(=O)(=O)O)CCC4(C)C3CCC12C. The maximum absolute atomic E-state index is 11.1. The number of hydrogen-bond donors (Lipinski definition) is 2. The summed E-state index contributed by atoms with van der Waals surface area (Å²) < 4.78 is 36.2. The summed E-state index contributed by atoms with van der Waals surface area (Å²) in [6.45, 7) is 6.84. The van der Waals surface area contributed by atoms with Gasteiger partial charge in [0.15, 0.2) is 0 Å². The molecule has 4 fully saturated rings. The fourth-order valence-electron chi connectivity index (χ4n) is 8.31. The van der Waals surface area contributed by atoms with Crippen molar-refractivity contribution in [3.05, 3.63) is 0 Å². The molecule has 4 aliphatic rings. The van der Waals surface area contributed by atoms with Gasteiger partial charge in [0.05, 0.1) is 12.2 Å². The normalized spacial score (nSPS) is 51.1. The molecule has 27 heavy (non-hydrogen) atoms. The number of fused-ring (bicyclic) bond motifs is 5. The summed E-state index contributed by atoms with van der Waals surface area (Å²) in [5.74, 6) is 3.09. The summed E-state index contributed by atoms with van der Waals surface area (Å²) in [5, 5.41) is 10.3. The molecule has 0 radical (unpaired) electrons. The minimum Gasteiger partial charge on any atom is -0.393 e. The van der Waals surface area contributed by atoms with Gasteiger partial charge in [0.2, 0.25) is 0 Å². The maximum atomic E-state index is 11.1. The second kappa shape index (κ2) is 6.68. The average Bonchev–Trinajstić information content (AvgIpc) is 2.91. The Kier molecular flexibility index (Phi) is 4.98. The van der Waals surface area contributed by atoms with Crippen LogP contribution in [-0.2, 0) is 14.6 Å². The Bertz CT molecular complexity index is 676. The third-order valence-corrected chi connectivity index (χ3v) is 10.0. The first-order valence-electron chi connectivity index (χ1n) is 10.9. The molecule has 0 spiro atoms. The van der Waals surface area contributed by atoms with Gasteiger partial charge in [0.1, 0.15) is 0 Å². The largest absolute Gasteiger partial charge is 0.397 e. The van der Waals surface area contributed by atoms with Crippen LogP contribution >= 0.6 is 0 Å². The van der Waals surface area contributed by atoms with Gasteiger partial charge in [-0.05, 0) is 105 Å². The Morgan fingerprint density at radius 3 is 2.30 bits per heavy atom. The van der Waals surface area contributed by atoms with E-state index in [1.807, 2.05) is 6.92 Å². The van der Waals surface area contributed by atoms with Gasteiger partial charge in [0.25, 0.3) is 0 Å². The van der Waals surface area contributed by atoms with E-state index in [4.69, 9.17) is 8.74 Å². The van der Waals surface area contributed by atoms with Crippen LogP contribution in [0.1, 0.15) is 78.6 Å². The molecule has 9 unspecified atom stereocenters. The predicted octanol–water partition coefficient (Wildman–Crippen LogP) is 4.21. The fraction of sp³-hybridized carbons (Fsp3) is 1.00. The average molecular weight is 401 g/mol. The van der Waals surface area contributed by atoms with Crippen molar-refractivity contribution in [2.75, 3.05) is 0 Å². The van der Waals surface area contributed by atoms with Crippen molar-refractivity contribution in [2.24, 2.45) is 40.4 Å². The molecule has 0 aromatic rings. The zero-order valence-electron chi connectivity index (χ0n) is 16.9. The lowest BCUT2D eigenvalue weighted by Crippen LogP contribution is -2.54. The van der Waals surface area contributed by atoms with E-state index >= 15 is 0 Å². The third kappa shape index (κ3) is 3.28. The van der Waals surface area contributed by atoms with Gasteiger partial charge >= 0.3 is 10.4 Å². The number of rotatable bonds is 3. The monoisotopic (exact) mass is 400 g/mol. The van der Waals surface area contributed by atoms with E-state index in [1.54, 1.807) is 0 Å². The molecule has 0 aromatic carbocycles. The van der Waals surface area contributed by atoms with Gasteiger partial charge in [-0.1, -0.05) is 13.8 Å². The molecule has 9 atom stereocenters. The molecule has 156 valence electrons. The lowest BCUT2D eigenvalue weighted by molar-refractivity contribution is -0.130. The third-order valence-electron chi connectivity index (χ3n) is 9.53. The van der Waals surface area contributed by atoms with Crippen LogP contribution in [0, 0.1) is 40.4 Å². The Morgan fingerprint density at radius 2 is 1.63 bits per heavy atom. The van der Waals surface area contributed by atoms with Gasteiger partial charge in [-0.25, -0.2) is 4.18 Å². The van der Waals surface area contributed by atoms with Crippen LogP contribution in [0.3, 0.4) is 0 Å². The molecular weight excluding hydrogens is 364 g/mol. The van der Waals surface area contributed by atoms with Crippen LogP contribution in [0.2, 0.25) is 0 Å². The highest BCUT2D eigenvalue weighted by atomic mass is 32.3. The number of hydrogen-bond acceptors (Lipinski definition) is 4. The van der Waals surface area contributed by atoms with E-state index in [2.05, 4.69) is 13.8 Å². The van der Waals surface area contributed by atoms with Crippen LogP contribution in [0.4, 0.5) is 0 Å². The summed E-state index contributed by atoms with van der Waals surface area (Å²) >= 11 is 0. The van der Waals surface area contributed by atoms with Crippen molar-refractivity contribution >= 4 is 10.4 Å². The van der Waals surface area contributed by atoms with Gasteiger partial charge < -0.3 is 5.11 Å². The number of aliphatic hydroxyl groups excluding tert-OH is 1. The van der Waals surface area contributed by atoms with Gasteiger partial charge in [0, 0.05) is 0 Å². The molecular formula is C21H36O5S. The molecule has 5 nitrogen and oxygen atoms in total. The summed E-state index contributed by atoms with van der Waals surface area (Å²) in [6.07, 6.45) is 9.08. The zero-order chi connectivity index (χ0) is 19.6. The van der Waals surface area contributed by atoms with Gasteiger partial charge in [-0.15, -0.1) is 0 Å². The second-order valence-corrected chi connectivity index (χ2v) is 11.6. The highest BCUT2D eigenvalue weighted by Crippen LogP contribution is 2.67. The molecule has 4 rings (SSSR count). The quantitative estimate of drug-likeness (QED) is 0.693. The van der Waals surface area contributed by atoms with Crippen LogP contribution in [0.5, 0.6) is 0 Å². The van der Waals surface area contributed by atoms with Crippen LogP contribution in [0.25, 0.3) is 0 Å². The van der Waals surface area contributed by atoms with Crippen molar-refractivity contribution in [3.63, 3.8) is 0 Å². The second-order valence-electron chi connectivity index (χ2n) is 10.5. The molecule has 0 aromatic heterocycles. The predicted molar refractivity (Wildman–Crippen MR) is 103 cm³/mol. The Labute approximate surface area is 164 Å².